The number of hydrogen-bond donors (Lipinski definition) is 5. The number of rotatable bonds is 7. The van der Waals surface area contributed by atoms with E-state index in [1.807, 2.05) is 0 Å². The number of aromatic carboxylic acids is 1. The molecule has 39 heavy (non-hydrogen) atoms. The van der Waals surface area contributed by atoms with Crippen LogP contribution in [-0.4, -0.2) is 55.0 Å². The number of amidine groups is 1. The van der Waals surface area contributed by atoms with Crippen LogP contribution in [0.4, 0.5) is 17.1 Å². The SMILES string of the molecule is Cc1cc(N=N/C(=N\N(C)c2ccc(N)cc2C(=O)O)c2ccccc2S(=O)(=O)O)c(O)c(S(=O)(=O)O)c1.[Cu]. The maximum absolute atomic E-state index is 12.0. The van der Waals surface area contributed by atoms with Gasteiger partial charge in [0.15, 0.2) is 5.75 Å². The smallest absolute Gasteiger partial charge is 0.337 e. The number of nitrogens with two attached hydrogens (primary N) is 1. The Hall–Kier alpha value is -3.86. The summed E-state index contributed by atoms with van der Waals surface area (Å²) < 4.78 is 66.4. The molecule has 3 aromatic carbocycles. The normalized spacial score (nSPS) is 12.3. The van der Waals surface area contributed by atoms with Crippen LogP contribution in [0, 0.1) is 6.92 Å². The molecule has 0 atom stereocenters. The molecule has 0 aliphatic carbocycles. The predicted octanol–water partition coefficient (Wildman–Crippen LogP) is 3.05. The average Bonchev–Trinajstić information content (AvgIpc) is 2.81. The van der Waals surface area contributed by atoms with Gasteiger partial charge >= 0.3 is 5.97 Å². The number of carboxylic acid groups (broad SMARTS) is 1. The third-order valence-corrected chi connectivity index (χ3v) is 6.76. The Labute approximate surface area is 233 Å². The molecular formula is C22H21CuN5O9S2. The Morgan fingerprint density at radius 1 is 0.923 bits per heavy atom. The van der Waals surface area contributed by atoms with Gasteiger partial charge in [-0.1, -0.05) is 12.1 Å². The van der Waals surface area contributed by atoms with Gasteiger partial charge in [0.2, 0.25) is 5.84 Å². The summed E-state index contributed by atoms with van der Waals surface area (Å²) in [5.41, 5.74) is 5.20. The fourth-order valence-electron chi connectivity index (χ4n) is 3.31. The van der Waals surface area contributed by atoms with Gasteiger partial charge in [0.1, 0.15) is 15.5 Å². The van der Waals surface area contributed by atoms with Crippen molar-refractivity contribution in [2.24, 2.45) is 15.3 Å². The molecule has 1 radical (unpaired) electrons. The van der Waals surface area contributed by atoms with Crippen molar-refractivity contribution in [2.45, 2.75) is 16.7 Å². The number of hydrazone groups is 1. The van der Waals surface area contributed by atoms with Gasteiger partial charge in [0.05, 0.1) is 11.3 Å². The number of azo groups is 1. The molecule has 3 rings (SSSR count). The van der Waals surface area contributed by atoms with Crippen molar-refractivity contribution in [1.29, 1.82) is 0 Å². The Morgan fingerprint density at radius 3 is 2.13 bits per heavy atom. The van der Waals surface area contributed by atoms with E-state index in [2.05, 4.69) is 15.3 Å². The Bertz CT molecular complexity index is 1710. The quantitative estimate of drug-likeness (QED) is 0.0486. The number of carbonyl (C=O) groups is 1. The molecule has 0 aromatic heterocycles. The first-order valence-electron chi connectivity index (χ1n) is 10.3. The number of carboxylic acids is 1. The number of phenols is 1. The van der Waals surface area contributed by atoms with Crippen molar-refractivity contribution >= 4 is 49.1 Å². The number of phenolic OH excluding ortho intramolecular Hbond substituents is 1. The third-order valence-electron chi connectivity index (χ3n) is 4.98. The molecule has 0 amide bonds. The molecule has 0 saturated carbocycles. The van der Waals surface area contributed by atoms with Crippen molar-refractivity contribution in [3.63, 3.8) is 0 Å². The molecule has 0 unspecified atom stereocenters. The summed E-state index contributed by atoms with van der Waals surface area (Å²) in [6.07, 6.45) is 0. The van der Waals surface area contributed by atoms with Crippen molar-refractivity contribution < 1.29 is 58.0 Å². The van der Waals surface area contributed by atoms with Crippen molar-refractivity contribution in [3.8, 4) is 5.75 Å². The summed E-state index contributed by atoms with van der Waals surface area (Å²) in [6.45, 7) is 1.46. The molecule has 0 bridgehead atoms. The van der Waals surface area contributed by atoms with Gasteiger partial charge in [-0.2, -0.15) is 21.9 Å². The minimum absolute atomic E-state index is 0. The number of aryl methyl sites for hydroxylation is 1. The van der Waals surface area contributed by atoms with Crippen LogP contribution in [0.1, 0.15) is 21.5 Å². The van der Waals surface area contributed by atoms with Crippen LogP contribution in [0.2, 0.25) is 0 Å². The Morgan fingerprint density at radius 2 is 1.54 bits per heavy atom. The van der Waals surface area contributed by atoms with Gasteiger partial charge in [-0.3, -0.25) is 14.1 Å². The number of benzene rings is 3. The number of anilines is 2. The molecule has 0 fully saturated rings. The van der Waals surface area contributed by atoms with E-state index in [9.17, 15) is 40.9 Å². The first-order valence-corrected chi connectivity index (χ1v) is 13.2. The van der Waals surface area contributed by atoms with Crippen LogP contribution in [0.5, 0.6) is 5.75 Å². The summed E-state index contributed by atoms with van der Waals surface area (Å²) in [4.78, 5) is 10.3. The van der Waals surface area contributed by atoms with Gasteiger partial charge < -0.3 is 15.9 Å². The second-order valence-corrected chi connectivity index (χ2v) is 10.6. The molecule has 211 valence electrons. The largest absolute Gasteiger partial charge is 0.504 e. The molecule has 6 N–H and O–H groups in total. The van der Waals surface area contributed by atoms with Crippen molar-refractivity contribution in [1.82, 2.24) is 0 Å². The summed E-state index contributed by atoms with van der Waals surface area (Å²) in [6, 6.07) is 11.2. The fourth-order valence-corrected chi connectivity index (χ4v) is 4.68. The predicted molar refractivity (Wildman–Crippen MR) is 136 cm³/mol. The summed E-state index contributed by atoms with van der Waals surface area (Å²) in [5.74, 6) is -2.76. The molecule has 0 aliphatic rings. The zero-order valence-corrected chi connectivity index (χ0v) is 22.6. The molecule has 0 aliphatic heterocycles. The Balaban J connectivity index is 0.00000533. The molecule has 17 heteroatoms. The van der Waals surface area contributed by atoms with Gasteiger partial charge in [-0.25, -0.2) is 4.79 Å². The van der Waals surface area contributed by atoms with Crippen LogP contribution in [-0.2, 0) is 37.3 Å². The number of nitrogens with zero attached hydrogens (tertiary/aromatic N) is 4. The summed E-state index contributed by atoms with van der Waals surface area (Å²) in [5, 5.41) is 32.8. The van der Waals surface area contributed by atoms with E-state index in [1.54, 1.807) is 0 Å². The van der Waals surface area contributed by atoms with E-state index >= 15 is 0 Å². The minimum Gasteiger partial charge on any atom is -0.504 e. The molecule has 0 spiro atoms. The molecule has 0 saturated heterocycles. The van der Waals surface area contributed by atoms with E-state index in [1.165, 1.54) is 56.4 Å². The third kappa shape index (κ3) is 7.38. The van der Waals surface area contributed by atoms with Gasteiger partial charge in [0.25, 0.3) is 20.2 Å². The van der Waals surface area contributed by atoms with E-state index in [-0.39, 0.29) is 45.1 Å². The molecular weight excluding hydrogens is 606 g/mol. The van der Waals surface area contributed by atoms with Crippen LogP contribution in [0.3, 0.4) is 0 Å². The van der Waals surface area contributed by atoms with E-state index in [0.717, 1.165) is 17.1 Å². The first kappa shape index (κ1) is 31.4. The van der Waals surface area contributed by atoms with Gasteiger partial charge in [0, 0.05) is 35.4 Å². The van der Waals surface area contributed by atoms with Crippen molar-refractivity contribution in [2.75, 3.05) is 17.8 Å². The van der Waals surface area contributed by atoms with Gasteiger partial charge in [-0.05, 0) is 55.0 Å². The monoisotopic (exact) mass is 626 g/mol. The second kappa shape index (κ2) is 11.9. The summed E-state index contributed by atoms with van der Waals surface area (Å²) in [7, 11) is -8.32. The van der Waals surface area contributed by atoms with Crippen LogP contribution in [0.25, 0.3) is 0 Å². The number of hydrogen-bond acceptors (Lipinski definition) is 10. The zero-order valence-electron chi connectivity index (χ0n) is 20.0. The number of aromatic hydroxyl groups is 1. The standard InChI is InChI=1S/C22H21N5O9S2.Cu/c1-12-9-16(20(28)19(10-12)38(34,35)36)24-25-21(14-5-3-4-6-18(14)37(31,32)33)26-27(2)17-8-7-13(23)11-15(17)22(29)30;/h3-11,28H,23H2,1-2H3,(H,29,30)(H,31,32,33)(H,34,35,36);/b25-24?,26-21-;. The van der Waals surface area contributed by atoms with Crippen LogP contribution in [0.15, 0.2) is 79.7 Å². The van der Waals surface area contributed by atoms with E-state index < -0.39 is 53.3 Å². The molecule has 3 aromatic rings. The average molecular weight is 627 g/mol. The maximum Gasteiger partial charge on any atom is 0.337 e. The minimum atomic E-state index is -4.84. The second-order valence-electron chi connectivity index (χ2n) is 7.81. The van der Waals surface area contributed by atoms with Crippen LogP contribution >= 0.6 is 0 Å². The summed E-state index contributed by atoms with van der Waals surface area (Å²) >= 11 is 0. The fraction of sp³-hybridized carbons (Fsp3) is 0.0909. The zero-order chi connectivity index (χ0) is 28.4. The molecule has 14 nitrogen and oxygen atoms in total. The van der Waals surface area contributed by atoms with Gasteiger partial charge in [-0.15, -0.1) is 10.2 Å². The Kier molecular flexibility index (Phi) is 9.57. The number of nitrogen functional groups attached to an aromatic ring is 1. The molecule has 0 heterocycles. The van der Waals surface area contributed by atoms with Crippen molar-refractivity contribution in [3.05, 3.63) is 71.3 Å². The van der Waals surface area contributed by atoms with E-state index in [0.29, 0.717) is 0 Å². The topological polar surface area (TPSA) is 233 Å². The maximum atomic E-state index is 12.0. The van der Waals surface area contributed by atoms with E-state index in [4.69, 9.17) is 5.73 Å². The first-order chi connectivity index (χ1) is 17.6. The van der Waals surface area contributed by atoms with Crippen LogP contribution < -0.4 is 10.7 Å².